The Balaban J connectivity index is 1.57. The van der Waals surface area contributed by atoms with Gasteiger partial charge in [0.25, 0.3) is 5.91 Å². The van der Waals surface area contributed by atoms with Crippen molar-refractivity contribution in [3.63, 3.8) is 0 Å². The molecule has 0 radical (unpaired) electrons. The second-order valence-corrected chi connectivity index (χ2v) is 8.10. The van der Waals surface area contributed by atoms with Gasteiger partial charge in [-0.05, 0) is 30.5 Å². The van der Waals surface area contributed by atoms with Crippen molar-refractivity contribution < 1.29 is 4.79 Å². The molecule has 0 aliphatic heterocycles. The smallest absolute Gasteiger partial charge is 0.254 e. The van der Waals surface area contributed by atoms with Crippen LogP contribution in [0.25, 0.3) is 5.82 Å². The number of benzene rings is 1. The highest BCUT2D eigenvalue weighted by molar-refractivity contribution is 7.98. The lowest BCUT2D eigenvalue weighted by Crippen LogP contribution is -2.27. The highest BCUT2D eigenvalue weighted by Crippen LogP contribution is 2.22. The van der Waals surface area contributed by atoms with Crippen molar-refractivity contribution in [3.05, 3.63) is 77.2 Å². The van der Waals surface area contributed by atoms with Crippen LogP contribution in [0.15, 0.2) is 54.9 Å². The molecule has 1 N–H and O–H groups in total. The molecule has 1 amide bonds. The Morgan fingerprint density at radius 1 is 1.18 bits per heavy atom. The molecular formula is C22H26N4OS. The van der Waals surface area contributed by atoms with Gasteiger partial charge in [0.05, 0.1) is 17.5 Å². The predicted molar refractivity (Wildman–Crippen MR) is 115 cm³/mol. The largest absolute Gasteiger partial charge is 0.351 e. The van der Waals surface area contributed by atoms with Crippen LogP contribution in [0.3, 0.4) is 0 Å². The monoisotopic (exact) mass is 394 g/mol. The maximum atomic E-state index is 12.7. The summed E-state index contributed by atoms with van der Waals surface area (Å²) in [6.07, 6.45) is 3.37. The number of carbonyl (C=O) groups excluding carboxylic acids is 1. The van der Waals surface area contributed by atoms with E-state index in [0.717, 1.165) is 23.0 Å². The average molecular weight is 395 g/mol. The van der Waals surface area contributed by atoms with E-state index < -0.39 is 0 Å². The van der Waals surface area contributed by atoms with Crippen LogP contribution in [-0.4, -0.2) is 33.0 Å². The Labute approximate surface area is 170 Å². The topological polar surface area (TPSA) is 59.8 Å². The molecule has 0 bridgehead atoms. The van der Waals surface area contributed by atoms with Gasteiger partial charge in [-0.3, -0.25) is 4.79 Å². The highest BCUT2D eigenvalue weighted by Gasteiger charge is 2.21. The molecule has 0 spiro atoms. The van der Waals surface area contributed by atoms with Gasteiger partial charge in [-0.25, -0.2) is 9.67 Å². The van der Waals surface area contributed by atoms with Gasteiger partial charge in [0.2, 0.25) is 0 Å². The molecule has 3 aromatic rings. The second kappa shape index (κ2) is 9.55. The summed E-state index contributed by atoms with van der Waals surface area (Å²) in [5.41, 5.74) is 4.07. The number of rotatable bonds is 8. The molecule has 0 unspecified atom stereocenters. The third kappa shape index (κ3) is 5.01. The van der Waals surface area contributed by atoms with E-state index in [-0.39, 0.29) is 11.8 Å². The van der Waals surface area contributed by atoms with Crippen molar-refractivity contribution in [2.24, 2.45) is 0 Å². The molecule has 6 heteroatoms. The van der Waals surface area contributed by atoms with E-state index in [1.165, 1.54) is 11.1 Å². The fourth-order valence-corrected chi connectivity index (χ4v) is 3.78. The summed E-state index contributed by atoms with van der Waals surface area (Å²) < 4.78 is 1.76. The van der Waals surface area contributed by atoms with Crippen LogP contribution in [0, 0.1) is 6.92 Å². The zero-order valence-corrected chi connectivity index (χ0v) is 17.4. The first-order chi connectivity index (χ1) is 13.6. The number of carbonyl (C=O) groups is 1. The van der Waals surface area contributed by atoms with Gasteiger partial charge in [-0.15, -0.1) is 0 Å². The summed E-state index contributed by atoms with van der Waals surface area (Å²) in [4.78, 5) is 17.0. The molecule has 146 valence electrons. The number of nitrogens with zero attached hydrogens (tertiary/aromatic N) is 3. The molecule has 2 aromatic heterocycles. The Hall–Kier alpha value is -2.60. The molecule has 0 aliphatic carbocycles. The van der Waals surface area contributed by atoms with Crippen molar-refractivity contribution in [1.29, 1.82) is 0 Å². The molecule has 3 rings (SSSR count). The SMILES string of the molecule is Cc1ccc(CSCCNC(=O)c2cnn(-c3ccccn3)c2C(C)C)cc1. The molecule has 0 saturated carbocycles. The van der Waals surface area contributed by atoms with Gasteiger partial charge in [0.1, 0.15) is 0 Å². The number of aromatic nitrogens is 3. The molecule has 0 fully saturated rings. The van der Waals surface area contributed by atoms with Crippen molar-refractivity contribution in [2.45, 2.75) is 32.4 Å². The van der Waals surface area contributed by atoms with E-state index in [9.17, 15) is 4.79 Å². The minimum Gasteiger partial charge on any atom is -0.351 e. The Morgan fingerprint density at radius 3 is 2.64 bits per heavy atom. The maximum Gasteiger partial charge on any atom is 0.254 e. The summed E-state index contributed by atoms with van der Waals surface area (Å²) in [5.74, 6) is 2.61. The van der Waals surface area contributed by atoms with Gasteiger partial charge in [-0.2, -0.15) is 16.9 Å². The number of nitrogens with one attached hydrogen (secondary N) is 1. The first-order valence-corrected chi connectivity index (χ1v) is 10.6. The van der Waals surface area contributed by atoms with Crippen molar-refractivity contribution >= 4 is 17.7 Å². The fraction of sp³-hybridized carbons (Fsp3) is 0.318. The zero-order chi connectivity index (χ0) is 19.9. The molecular weight excluding hydrogens is 368 g/mol. The Bertz CT molecular complexity index is 904. The Morgan fingerprint density at radius 2 is 1.96 bits per heavy atom. The minimum atomic E-state index is -0.0817. The van der Waals surface area contributed by atoms with Gasteiger partial charge in [-0.1, -0.05) is 49.7 Å². The summed E-state index contributed by atoms with van der Waals surface area (Å²) in [6.45, 7) is 6.84. The number of hydrogen-bond acceptors (Lipinski definition) is 4. The molecule has 0 atom stereocenters. The van der Waals surface area contributed by atoms with Crippen molar-refractivity contribution in [2.75, 3.05) is 12.3 Å². The fourth-order valence-electron chi connectivity index (χ4n) is 2.96. The van der Waals surface area contributed by atoms with E-state index in [2.05, 4.69) is 60.4 Å². The van der Waals surface area contributed by atoms with E-state index in [1.54, 1.807) is 17.1 Å². The van der Waals surface area contributed by atoms with Gasteiger partial charge >= 0.3 is 0 Å². The number of amides is 1. The van der Waals surface area contributed by atoms with E-state index in [0.29, 0.717) is 12.1 Å². The minimum absolute atomic E-state index is 0.0817. The van der Waals surface area contributed by atoms with Crippen molar-refractivity contribution in [1.82, 2.24) is 20.1 Å². The standard InChI is InChI=1S/C22H26N4OS/c1-16(2)21-19(14-25-26(21)20-6-4-5-11-23-20)22(27)24-12-13-28-15-18-9-7-17(3)8-10-18/h4-11,14,16H,12-13,15H2,1-3H3,(H,24,27). The van der Waals surface area contributed by atoms with Crippen LogP contribution in [0.2, 0.25) is 0 Å². The number of pyridine rings is 1. The molecule has 28 heavy (non-hydrogen) atoms. The predicted octanol–water partition coefficient (Wildman–Crippen LogP) is 4.36. The normalized spacial score (nSPS) is 11.0. The quantitative estimate of drug-likeness (QED) is 0.577. The summed E-state index contributed by atoms with van der Waals surface area (Å²) in [7, 11) is 0. The van der Waals surface area contributed by atoms with Crippen LogP contribution in [0.1, 0.15) is 46.9 Å². The lowest BCUT2D eigenvalue weighted by Gasteiger charge is -2.12. The first-order valence-electron chi connectivity index (χ1n) is 9.47. The maximum absolute atomic E-state index is 12.7. The van der Waals surface area contributed by atoms with Crippen LogP contribution in [-0.2, 0) is 5.75 Å². The van der Waals surface area contributed by atoms with Crippen LogP contribution in [0.4, 0.5) is 0 Å². The third-order valence-corrected chi connectivity index (χ3v) is 5.42. The lowest BCUT2D eigenvalue weighted by atomic mass is 10.1. The Kier molecular flexibility index (Phi) is 6.87. The lowest BCUT2D eigenvalue weighted by molar-refractivity contribution is 0.0955. The second-order valence-electron chi connectivity index (χ2n) is 6.99. The molecule has 1 aromatic carbocycles. The van der Waals surface area contributed by atoms with Crippen LogP contribution in [0.5, 0.6) is 0 Å². The summed E-state index contributed by atoms with van der Waals surface area (Å²) >= 11 is 1.82. The first kappa shape index (κ1) is 20.1. The van der Waals surface area contributed by atoms with Gasteiger partial charge in [0.15, 0.2) is 5.82 Å². The van der Waals surface area contributed by atoms with E-state index in [1.807, 2.05) is 30.0 Å². The van der Waals surface area contributed by atoms with Crippen LogP contribution < -0.4 is 5.32 Å². The van der Waals surface area contributed by atoms with Gasteiger partial charge < -0.3 is 5.32 Å². The molecule has 2 heterocycles. The number of aryl methyl sites for hydroxylation is 1. The highest BCUT2D eigenvalue weighted by atomic mass is 32.2. The average Bonchev–Trinajstić information content (AvgIpc) is 3.15. The third-order valence-electron chi connectivity index (χ3n) is 4.39. The number of hydrogen-bond donors (Lipinski definition) is 1. The van der Waals surface area contributed by atoms with Crippen LogP contribution >= 0.6 is 11.8 Å². The molecule has 0 aliphatic rings. The molecule has 5 nitrogen and oxygen atoms in total. The van der Waals surface area contributed by atoms with Gasteiger partial charge in [0, 0.05) is 24.2 Å². The van der Waals surface area contributed by atoms with E-state index >= 15 is 0 Å². The zero-order valence-electron chi connectivity index (χ0n) is 16.6. The molecule has 0 saturated heterocycles. The summed E-state index contributed by atoms with van der Waals surface area (Å²) in [5, 5.41) is 7.43. The number of thioether (sulfide) groups is 1. The van der Waals surface area contributed by atoms with E-state index in [4.69, 9.17) is 0 Å². The van der Waals surface area contributed by atoms with Crippen molar-refractivity contribution in [3.8, 4) is 5.82 Å². The summed E-state index contributed by atoms with van der Waals surface area (Å²) in [6, 6.07) is 14.2.